The van der Waals surface area contributed by atoms with E-state index in [1.165, 1.54) is 19.3 Å². The number of nitrogens with one attached hydrogen (secondary N) is 3. The molecular formula is C24H35N7O3. The molecule has 1 saturated carbocycles. The van der Waals surface area contributed by atoms with Crippen LogP contribution in [0.5, 0.6) is 0 Å². The van der Waals surface area contributed by atoms with Crippen molar-refractivity contribution in [1.82, 2.24) is 25.4 Å². The van der Waals surface area contributed by atoms with E-state index in [1.807, 2.05) is 17.8 Å². The van der Waals surface area contributed by atoms with E-state index in [4.69, 9.17) is 14.9 Å². The van der Waals surface area contributed by atoms with Crippen LogP contribution in [0.2, 0.25) is 0 Å². The standard InChI is InChI=1S/C24H35N7O3/c1-5-31-23-21(15(2)29-31)22(28-16-9-7-6-8-10-16)17(14-27-23)18-11-24(34-30-18,12-19(32)25-3)13-20(33)26-4/h14,16H,5-13H2,1-4H3,(H,25,32)(H,26,33)(H,27,28). The van der Waals surface area contributed by atoms with Gasteiger partial charge in [0.2, 0.25) is 11.8 Å². The first-order valence-electron chi connectivity index (χ1n) is 12.2. The second-order valence-corrected chi connectivity index (χ2v) is 9.31. The Morgan fingerprint density at radius 3 is 2.44 bits per heavy atom. The Kier molecular flexibility index (Phi) is 7.04. The SMILES string of the molecule is CCn1nc(C)c2c(NC3CCCCC3)c(C3=NOC(CC(=O)NC)(CC(=O)NC)C3)cnc21. The highest BCUT2D eigenvalue weighted by Gasteiger charge is 2.44. The van der Waals surface area contributed by atoms with Crippen molar-refractivity contribution in [2.75, 3.05) is 19.4 Å². The molecule has 0 atom stereocenters. The minimum absolute atomic E-state index is 0.0395. The van der Waals surface area contributed by atoms with Crippen LogP contribution >= 0.6 is 0 Å². The second kappa shape index (κ2) is 9.99. The number of pyridine rings is 1. The molecule has 0 bridgehead atoms. The summed E-state index contributed by atoms with van der Waals surface area (Å²) < 4.78 is 1.91. The molecule has 3 N–H and O–H groups in total. The highest BCUT2D eigenvalue weighted by Crippen LogP contribution is 2.38. The Labute approximate surface area is 199 Å². The number of aromatic nitrogens is 3. The Balaban J connectivity index is 1.74. The van der Waals surface area contributed by atoms with Crippen LogP contribution in [0.4, 0.5) is 5.69 Å². The van der Waals surface area contributed by atoms with E-state index in [9.17, 15) is 9.59 Å². The van der Waals surface area contributed by atoms with E-state index >= 15 is 0 Å². The van der Waals surface area contributed by atoms with Gasteiger partial charge in [-0.05, 0) is 26.7 Å². The van der Waals surface area contributed by atoms with E-state index in [1.54, 1.807) is 14.1 Å². The number of amides is 2. The highest BCUT2D eigenvalue weighted by atomic mass is 16.7. The van der Waals surface area contributed by atoms with Crippen LogP contribution in [0.25, 0.3) is 11.0 Å². The van der Waals surface area contributed by atoms with Crippen LogP contribution < -0.4 is 16.0 Å². The molecule has 2 amide bonds. The topological polar surface area (TPSA) is 123 Å². The molecule has 10 heteroatoms. The van der Waals surface area contributed by atoms with Crippen LogP contribution in [-0.2, 0) is 21.0 Å². The second-order valence-electron chi connectivity index (χ2n) is 9.31. The van der Waals surface area contributed by atoms with Crippen molar-refractivity contribution in [3.05, 3.63) is 17.5 Å². The van der Waals surface area contributed by atoms with E-state index in [0.29, 0.717) is 18.2 Å². The number of hydrogen-bond acceptors (Lipinski definition) is 7. The van der Waals surface area contributed by atoms with Crippen molar-refractivity contribution in [1.29, 1.82) is 0 Å². The van der Waals surface area contributed by atoms with Gasteiger partial charge in [0.25, 0.3) is 0 Å². The fraction of sp³-hybridized carbons (Fsp3) is 0.625. The quantitative estimate of drug-likeness (QED) is 0.546. The Hall–Kier alpha value is -3.17. The molecule has 0 saturated heterocycles. The molecule has 34 heavy (non-hydrogen) atoms. The first-order valence-corrected chi connectivity index (χ1v) is 12.2. The molecule has 0 aromatic carbocycles. The third kappa shape index (κ3) is 4.71. The largest absolute Gasteiger partial charge is 0.387 e. The normalized spacial score (nSPS) is 17.8. The lowest BCUT2D eigenvalue weighted by atomic mass is 9.87. The molecule has 0 radical (unpaired) electrons. The van der Waals surface area contributed by atoms with Gasteiger partial charge in [-0.3, -0.25) is 9.59 Å². The third-order valence-electron chi connectivity index (χ3n) is 6.86. The average molecular weight is 470 g/mol. The summed E-state index contributed by atoms with van der Waals surface area (Å²) in [7, 11) is 3.15. The van der Waals surface area contributed by atoms with Crippen molar-refractivity contribution >= 4 is 34.2 Å². The maximum atomic E-state index is 12.3. The number of carbonyl (C=O) groups is 2. The molecular weight excluding hydrogens is 434 g/mol. The number of hydrogen-bond donors (Lipinski definition) is 3. The molecule has 0 unspecified atom stereocenters. The van der Waals surface area contributed by atoms with Crippen LogP contribution in [-0.4, -0.2) is 58.0 Å². The highest BCUT2D eigenvalue weighted by molar-refractivity contribution is 6.11. The molecule has 0 spiro atoms. The molecule has 3 heterocycles. The van der Waals surface area contributed by atoms with Gasteiger partial charge in [-0.2, -0.15) is 5.10 Å². The van der Waals surface area contributed by atoms with E-state index < -0.39 is 5.60 Å². The fourth-order valence-electron chi connectivity index (χ4n) is 5.04. The van der Waals surface area contributed by atoms with Gasteiger partial charge in [-0.25, -0.2) is 9.67 Å². The summed E-state index contributed by atoms with van der Waals surface area (Å²) in [5.74, 6) is -0.399. The summed E-state index contributed by atoms with van der Waals surface area (Å²) in [5.41, 5.74) is 3.20. The summed E-state index contributed by atoms with van der Waals surface area (Å²) in [6.07, 6.45) is 8.15. The minimum Gasteiger partial charge on any atom is -0.387 e. The summed E-state index contributed by atoms with van der Waals surface area (Å²) in [4.78, 5) is 35.1. The number of carbonyl (C=O) groups excluding carboxylic acids is 2. The van der Waals surface area contributed by atoms with Gasteiger partial charge >= 0.3 is 0 Å². The van der Waals surface area contributed by atoms with Gasteiger partial charge in [0.05, 0.1) is 35.3 Å². The maximum absolute atomic E-state index is 12.3. The molecule has 10 nitrogen and oxygen atoms in total. The van der Waals surface area contributed by atoms with Crippen LogP contribution in [0.3, 0.4) is 0 Å². The van der Waals surface area contributed by atoms with Crippen molar-refractivity contribution in [2.45, 2.75) is 83.4 Å². The number of nitrogens with zero attached hydrogens (tertiary/aromatic N) is 4. The number of aryl methyl sites for hydroxylation is 2. The molecule has 2 aliphatic rings. The average Bonchev–Trinajstić information content (AvgIpc) is 3.40. The lowest BCUT2D eigenvalue weighted by molar-refractivity contribution is -0.133. The zero-order chi connectivity index (χ0) is 24.3. The van der Waals surface area contributed by atoms with Crippen molar-refractivity contribution in [2.24, 2.45) is 5.16 Å². The van der Waals surface area contributed by atoms with Gasteiger partial charge < -0.3 is 20.8 Å². The first kappa shape index (κ1) is 24.0. The third-order valence-corrected chi connectivity index (χ3v) is 6.86. The van der Waals surface area contributed by atoms with Crippen LogP contribution in [0.15, 0.2) is 11.4 Å². The summed E-state index contributed by atoms with van der Waals surface area (Å²) >= 11 is 0. The van der Waals surface area contributed by atoms with E-state index in [2.05, 4.69) is 28.0 Å². The zero-order valence-electron chi connectivity index (χ0n) is 20.5. The Morgan fingerprint density at radius 2 is 1.82 bits per heavy atom. The summed E-state index contributed by atoms with van der Waals surface area (Å²) in [6, 6.07) is 0.367. The predicted octanol–water partition coefficient (Wildman–Crippen LogP) is 2.64. The lowest BCUT2D eigenvalue weighted by Gasteiger charge is -2.26. The fourth-order valence-corrected chi connectivity index (χ4v) is 5.04. The van der Waals surface area contributed by atoms with Gasteiger partial charge in [-0.1, -0.05) is 24.4 Å². The van der Waals surface area contributed by atoms with Crippen molar-refractivity contribution in [3.8, 4) is 0 Å². The monoisotopic (exact) mass is 469 g/mol. The van der Waals surface area contributed by atoms with Crippen molar-refractivity contribution < 1.29 is 14.4 Å². The molecule has 2 aromatic rings. The minimum atomic E-state index is -1.03. The van der Waals surface area contributed by atoms with E-state index in [0.717, 1.165) is 47.4 Å². The smallest absolute Gasteiger partial charge is 0.223 e. The first-order chi connectivity index (χ1) is 16.4. The van der Waals surface area contributed by atoms with Gasteiger partial charge in [0, 0.05) is 44.9 Å². The molecule has 1 aliphatic heterocycles. The van der Waals surface area contributed by atoms with E-state index in [-0.39, 0.29) is 24.7 Å². The maximum Gasteiger partial charge on any atom is 0.223 e. The van der Waals surface area contributed by atoms with Crippen molar-refractivity contribution in [3.63, 3.8) is 0 Å². The molecule has 4 rings (SSSR count). The zero-order valence-corrected chi connectivity index (χ0v) is 20.5. The Bertz CT molecular complexity index is 1080. The molecule has 1 aliphatic carbocycles. The number of rotatable bonds is 8. The van der Waals surface area contributed by atoms with Gasteiger partial charge in [0.1, 0.15) is 0 Å². The number of fused-ring (bicyclic) bond motifs is 1. The number of oxime groups is 1. The molecule has 1 fully saturated rings. The van der Waals surface area contributed by atoms with Crippen LogP contribution in [0, 0.1) is 6.92 Å². The predicted molar refractivity (Wildman–Crippen MR) is 131 cm³/mol. The van der Waals surface area contributed by atoms with Gasteiger partial charge in [-0.15, -0.1) is 0 Å². The van der Waals surface area contributed by atoms with Crippen LogP contribution in [0.1, 0.15) is 69.5 Å². The summed E-state index contributed by atoms with van der Waals surface area (Å²) in [6.45, 7) is 4.78. The van der Waals surface area contributed by atoms with Gasteiger partial charge in [0.15, 0.2) is 11.2 Å². The number of anilines is 1. The Morgan fingerprint density at radius 1 is 1.15 bits per heavy atom. The summed E-state index contributed by atoms with van der Waals surface area (Å²) in [5, 5.41) is 19.1. The lowest BCUT2D eigenvalue weighted by Crippen LogP contribution is -2.40. The molecule has 2 aromatic heterocycles. The molecule has 184 valence electrons.